The number of nitrogens with zero attached hydrogens (tertiary/aromatic N) is 3. The number of carbonyl (C=O) groups excluding carboxylic acids is 1. The molecule has 6 nitrogen and oxygen atoms in total. The predicted molar refractivity (Wildman–Crippen MR) is 105 cm³/mol. The summed E-state index contributed by atoms with van der Waals surface area (Å²) in [5.74, 6) is 1.10. The van der Waals surface area contributed by atoms with Crippen LogP contribution in [-0.2, 0) is 11.3 Å². The van der Waals surface area contributed by atoms with Crippen LogP contribution in [0.25, 0.3) is 6.08 Å². The van der Waals surface area contributed by atoms with Gasteiger partial charge < -0.3 is 15.0 Å². The lowest BCUT2D eigenvalue weighted by Gasteiger charge is -2.14. The van der Waals surface area contributed by atoms with Gasteiger partial charge >= 0.3 is 0 Å². The summed E-state index contributed by atoms with van der Waals surface area (Å²) in [5, 5.41) is 7.12. The first-order chi connectivity index (χ1) is 12.5. The molecule has 1 aromatic heterocycles. The molecule has 1 amide bonds. The topological polar surface area (TPSA) is 59.4 Å². The molecule has 0 saturated carbocycles. The van der Waals surface area contributed by atoms with Gasteiger partial charge in [-0.15, -0.1) is 0 Å². The first kappa shape index (κ1) is 19.7. The van der Waals surface area contributed by atoms with E-state index in [1.54, 1.807) is 12.1 Å². The van der Waals surface area contributed by atoms with E-state index in [0.29, 0.717) is 5.82 Å². The van der Waals surface area contributed by atoms with Crippen LogP contribution in [-0.4, -0.2) is 47.3 Å². The van der Waals surface area contributed by atoms with E-state index in [4.69, 9.17) is 4.74 Å². The van der Waals surface area contributed by atoms with Crippen molar-refractivity contribution in [3.63, 3.8) is 0 Å². The van der Waals surface area contributed by atoms with Crippen molar-refractivity contribution in [2.45, 2.75) is 32.9 Å². The van der Waals surface area contributed by atoms with Crippen LogP contribution in [0.5, 0.6) is 5.75 Å². The second kappa shape index (κ2) is 9.77. The molecule has 1 heterocycles. The number of hydrogen-bond donors (Lipinski definition) is 1. The van der Waals surface area contributed by atoms with Crippen molar-refractivity contribution < 1.29 is 9.53 Å². The molecule has 6 heteroatoms. The Labute approximate surface area is 155 Å². The number of amides is 1. The fourth-order valence-electron chi connectivity index (χ4n) is 2.21. The monoisotopic (exact) mass is 356 g/mol. The number of para-hydroxylation sites is 1. The minimum Gasteiger partial charge on any atom is -0.490 e. The second-order valence-electron chi connectivity index (χ2n) is 6.46. The van der Waals surface area contributed by atoms with E-state index in [2.05, 4.69) is 22.2 Å². The molecule has 2 rings (SSSR count). The highest BCUT2D eigenvalue weighted by Gasteiger charge is 2.06. The molecule has 0 fully saturated rings. The lowest BCUT2D eigenvalue weighted by atomic mass is 10.2. The van der Waals surface area contributed by atoms with Crippen LogP contribution in [0.1, 0.15) is 25.8 Å². The molecule has 1 aromatic carbocycles. The molecule has 1 N–H and O–H groups in total. The van der Waals surface area contributed by atoms with Crippen molar-refractivity contribution in [1.29, 1.82) is 0 Å². The maximum Gasteiger partial charge on any atom is 0.249 e. The minimum atomic E-state index is -0.221. The van der Waals surface area contributed by atoms with Crippen LogP contribution in [0.2, 0.25) is 0 Å². The molecule has 0 spiro atoms. The summed E-state index contributed by atoms with van der Waals surface area (Å²) in [4.78, 5) is 14.2. The Morgan fingerprint density at radius 2 is 2.12 bits per heavy atom. The third-order valence-corrected chi connectivity index (χ3v) is 3.90. The van der Waals surface area contributed by atoms with Gasteiger partial charge in [0.05, 0.1) is 12.6 Å². The Bertz CT molecular complexity index is 737. The van der Waals surface area contributed by atoms with Gasteiger partial charge in [-0.25, -0.2) is 0 Å². The van der Waals surface area contributed by atoms with Gasteiger partial charge in [-0.1, -0.05) is 25.1 Å². The van der Waals surface area contributed by atoms with E-state index < -0.39 is 0 Å². The smallest absolute Gasteiger partial charge is 0.249 e. The normalized spacial score (nSPS) is 12.5. The third kappa shape index (κ3) is 6.37. The predicted octanol–water partition coefficient (Wildman–Crippen LogP) is 3.27. The summed E-state index contributed by atoms with van der Waals surface area (Å²) in [7, 11) is 4.03. The maximum atomic E-state index is 12.2. The average molecular weight is 356 g/mol. The fraction of sp³-hybridized carbons (Fsp3) is 0.400. The van der Waals surface area contributed by atoms with Crippen molar-refractivity contribution in [1.82, 2.24) is 14.7 Å². The first-order valence-electron chi connectivity index (χ1n) is 8.91. The highest BCUT2D eigenvalue weighted by molar-refractivity contribution is 6.01. The Balaban J connectivity index is 1.95. The lowest BCUT2D eigenvalue weighted by Crippen LogP contribution is -2.18. The van der Waals surface area contributed by atoms with Crippen LogP contribution < -0.4 is 10.1 Å². The zero-order valence-corrected chi connectivity index (χ0v) is 16.0. The minimum absolute atomic E-state index is 0.129. The van der Waals surface area contributed by atoms with Crippen LogP contribution in [0.4, 0.5) is 5.82 Å². The molecule has 26 heavy (non-hydrogen) atoms. The number of benzene rings is 1. The molecule has 1 unspecified atom stereocenters. The van der Waals surface area contributed by atoms with Gasteiger partial charge in [-0.05, 0) is 39.6 Å². The highest BCUT2D eigenvalue weighted by Crippen LogP contribution is 2.21. The van der Waals surface area contributed by atoms with Crippen LogP contribution >= 0.6 is 0 Å². The molecule has 2 aromatic rings. The van der Waals surface area contributed by atoms with E-state index in [0.717, 1.165) is 30.8 Å². The highest BCUT2D eigenvalue weighted by atomic mass is 16.5. The molecule has 0 saturated heterocycles. The van der Waals surface area contributed by atoms with Crippen LogP contribution in [0.15, 0.2) is 42.6 Å². The largest absolute Gasteiger partial charge is 0.490 e. The summed E-state index contributed by atoms with van der Waals surface area (Å²) in [5.41, 5.74) is 0.875. The van der Waals surface area contributed by atoms with Crippen molar-refractivity contribution in [3.8, 4) is 5.75 Å². The average Bonchev–Trinajstić information content (AvgIpc) is 3.06. The van der Waals surface area contributed by atoms with E-state index in [1.807, 2.05) is 56.2 Å². The zero-order chi connectivity index (χ0) is 18.9. The Hall–Kier alpha value is -2.60. The van der Waals surface area contributed by atoms with Gasteiger partial charge in [0, 0.05) is 30.4 Å². The number of carbonyl (C=O) groups is 1. The van der Waals surface area contributed by atoms with Crippen molar-refractivity contribution >= 4 is 17.8 Å². The molecule has 0 bridgehead atoms. The molecule has 0 radical (unpaired) electrons. The van der Waals surface area contributed by atoms with Crippen molar-refractivity contribution in [3.05, 3.63) is 48.2 Å². The van der Waals surface area contributed by atoms with Gasteiger partial charge in [0.15, 0.2) is 5.82 Å². The summed E-state index contributed by atoms with van der Waals surface area (Å²) < 4.78 is 7.71. The first-order valence-corrected chi connectivity index (χ1v) is 8.91. The molecule has 0 aliphatic rings. The summed E-state index contributed by atoms with van der Waals surface area (Å²) >= 11 is 0. The number of likely N-dealkylation sites (N-methyl/N-ethyl adjacent to an activating group) is 1. The quantitative estimate of drug-likeness (QED) is 0.701. The molecule has 140 valence electrons. The van der Waals surface area contributed by atoms with E-state index >= 15 is 0 Å². The molecular weight excluding hydrogens is 328 g/mol. The molecular formula is C20H28N4O2. The zero-order valence-electron chi connectivity index (χ0n) is 16.0. The van der Waals surface area contributed by atoms with Crippen molar-refractivity contribution in [2.75, 3.05) is 26.0 Å². The van der Waals surface area contributed by atoms with Crippen LogP contribution in [0.3, 0.4) is 0 Å². The van der Waals surface area contributed by atoms with Crippen LogP contribution in [0, 0.1) is 0 Å². The number of hydrogen-bond acceptors (Lipinski definition) is 4. The SMILES string of the molecule is CCC(C)Oc1ccccc1/C=C/C(=O)Nc1ccn(CCN(C)C)n1. The molecule has 0 aliphatic carbocycles. The van der Waals surface area contributed by atoms with Gasteiger partial charge in [0.1, 0.15) is 5.75 Å². The van der Waals surface area contributed by atoms with E-state index in [1.165, 1.54) is 6.08 Å². The van der Waals surface area contributed by atoms with E-state index in [9.17, 15) is 4.79 Å². The Morgan fingerprint density at radius 1 is 1.35 bits per heavy atom. The summed E-state index contributed by atoms with van der Waals surface area (Å²) in [6.45, 7) is 5.77. The van der Waals surface area contributed by atoms with Crippen molar-refractivity contribution in [2.24, 2.45) is 0 Å². The van der Waals surface area contributed by atoms with Gasteiger partial charge in [0.2, 0.25) is 5.91 Å². The standard InChI is InChI=1S/C20H28N4O2/c1-5-16(2)26-18-9-7-6-8-17(18)10-11-20(25)21-19-12-13-24(22-19)15-14-23(3)4/h6-13,16H,5,14-15H2,1-4H3,(H,21,22,25)/b11-10+. The number of anilines is 1. The number of ether oxygens (including phenoxy) is 1. The van der Waals surface area contributed by atoms with Gasteiger partial charge in [0.25, 0.3) is 0 Å². The molecule has 0 aliphatic heterocycles. The van der Waals surface area contributed by atoms with Gasteiger partial charge in [-0.3, -0.25) is 9.48 Å². The summed E-state index contributed by atoms with van der Waals surface area (Å²) in [6.07, 6.45) is 6.17. The maximum absolute atomic E-state index is 12.2. The Morgan fingerprint density at radius 3 is 2.85 bits per heavy atom. The summed E-state index contributed by atoms with van der Waals surface area (Å²) in [6, 6.07) is 9.48. The van der Waals surface area contributed by atoms with Gasteiger partial charge in [-0.2, -0.15) is 5.10 Å². The second-order valence-corrected chi connectivity index (χ2v) is 6.46. The lowest BCUT2D eigenvalue weighted by molar-refractivity contribution is -0.111. The Kier molecular flexibility index (Phi) is 7.41. The number of rotatable bonds is 9. The van der Waals surface area contributed by atoms with E-state index in [-0.39, 0.29) is 12.0 Å². The fourth-order valence-corrected chi connectivity index (χ4v) is 2.21. The molecule has 1 atom stereocenters. The number of nitrogens with one attached hydrogen (secondary N) is 1. The third-order valence-electron chi connectivity index (χ3n) is 3.90. The number of aromatic nitrogens is 2.